The van der Waals surface area contributed by atoms with Gasteiger partial charge in [0.15, 0.2) is 0 Å². The van der Waals surface area contributed by atoms with E-state index in [-0.39, 0.29) is 5.69 Å². The van der Waals surface area contributed by atoms with E-state index < -0.39 is 11.6 Å². The number of nitrogens with two attached hydrogens (primary N) is 1. The molecule has 0 radical (unpaired) electrons. The van der Waals surface area contributed by atoms with Crippen LogP contribution in [0.1, 0.15) is 0 Å². The van der Waals surface area contributed by atoms with E-state index in [1.54, 1.807) is 0 Å². The lowest BCUT2D eigenvalue weighted by molar-refractivity contribution is 0.259. The van der Waals surface area contributed by atoms with Crippen LogP contribution in [0.3, 0.4) is 0 Å². The molecule has 5 nitrogen and oxygen atoms in total. The third-order valence-corrected chi connectivity index (χ3v) is 1.58. The first kappa shape index (κ1) is 8.79. The fourth-order valence-electron chi connectivity index (χ4n) is 0.683. The molecule has 0 aliphatic carbocycles. The van der Waals surface area contributed by atoms with Gasteiger partial charge in [0.1, 0.15) is 5.69 Å². The molecule has 0 spiro atoms. The maximum Gasteiger partial charge on any atom is 0.316 e. The van der Waals surface area contributed by atoms with E-state index in [0.29, 0.717) is 4.47 Å². The van der Waals surface area contributed by atoms with Crippen molar-refractivity contribution >= 4 is 27.6 Å². The summed E-state index contributed by atoms with van der Waals surface area (Å²) in [5.74, 6) is 0. The maximum absolute atomic E-state index is 11.0. The highest BCUT2D eigenvalue weighted by atomic mass is 79.9. The second-order valence-corrected chi connectivity index (χ2v) is 2.97. The molecule has 1 rings (SSSR count). The van der Waals surface area contributed by atoms with Crippen molar-refractivity contribution in [2.24, 2.45) is 5.73 Å². The topological polar surface area (TPSA) is 88.0 Å². The van der Waals surface area contributed by atoms with Gasteiger partial charge in [-0.2, -0.15) is 0 Å². The summed E-state index contributed by atoms with van der Waals surface area (Å²) >= 11 is 3.12. The number of primary amides is 1. The molecule has 64 valence electrons. The smallest absolute Gasteiger partial charge is 0.316 e. The molecule has 6 heteroatoms. The van der Waals surface area contributed by atoms with Crippen LogP contribution < -0.4 is 16.6 Å². The first-order valence-corrected chi connectivity index (χ1v) is 3.83. The molecule has 12 heavy (non-hydrogen) atoms. The molecule has 0 saturated carbocycles. The molecule has 0 aromatic carbocycles. The van der Waals surface area contributed by atoms with Crippen molar-refractivity contribution in [3.8, 4) is 0 Å². The average molecular weight is 232 g/mol. The number of halogens is 1. The number of urea groups is 1. The molecule has 0 bridgehead atoms. The number of aromatic amines is 1. The molecule has 2 amide bonds. The van der Waals surface area contributed by atoms with E-state index in [4.69, 9.17) is 5.73 Å². The first-order chi connectivity index (χ1) is 5.59. The second kappa shape index (κ2) is 3.40. The lowest BCUT2D eigenvalue weighted by atomic mass is 10.4. The Hall–Kier alpha value is -1.30. The zero-order chi connectivity index (χ0) is 9.14. The second-order valence-electron chi connectivity index (χ2n) is 2.05. The van der Waals surface area contributed by atoms with Gasteiger partial charge < -0.3 is 16.0 Å². The van der Waals surface area contributed by atoms with Gasteiger partial charge in [-0.05, 0) is 22.0 Å². The number of amides is 2. The minimum Gasteiger partial charge on any atom is -0.351 e. The first-order valence-electron chi connectivity index (χ1n) is 3.04. The quantitative estimate of drug-likeness (QED) is 0.662. The van der Waals surface area contributed by atoms with Crippen molar-refractivity contribution in [1.82, 2.24) is 4.98 Å². The minimum atomic E-state index is -0.765. The minimum absolute atomic E-state index is 0.122. The van der Waals surface area contributed by atoms with E-state index in [9.17, 15) is 9.59 Å². The van der Waals surface area contributed by atoms with Gasteiger partial charge in [-0.1, -0.05) is 0 Å². The van der Waals surface area contributed by atoms with E-state index >= 15 is 0 Å². The Morgan fingerprint density at radius 3 is 2.92 bits per heavy atom. The number of H-pyrrole nitrogens is 1. The molecule has 0 atom stereocenters. The summed E-state index contributed by atoms with van der Waals surface area (Å²) < 4.78 is 0.658. The molecular weight excluding hydrogens is 226 g/mol. The summed E-state index contributed by atoms with van der Waals surface area (Å²) in [6.45, 7) is 0. The van der Waals surface area contributed by atoms with Gasteiger partial charge in [0, 0.05) is 10.7 Å². The van der Waals surface area contributed by atoms with E-state index in [1.807, 2.05) is 0 Å². The Morgan fingerprint density at radius 2 is 2.33 bits per heavy atom. The van der Waals surface area contributed by atoms with Crippen LogP contribution in [0.25, 0.3) is 0 Å². The Morgan fingerprint density at radius 1 is 1.67 bits per heavy atom. The summed E-state index contributed by atoms with van der Waals surface area (Å²) in [4.78, 5) is 23.7. The average Bonchev–Trinajstić information content (AvgIpc) is 1.96. The Bertz CT molecular complexity index is 360. The molecule has 0 saturated heterocycles. The van der Waals surface area contributed by atoms with Crippen LogP contribution in [-0.2, 0) is 0 Å². The van der Waals surface area contributed by atoms with E-state index in [1.165, 1.54) is 12.3 Å². The summed E-state index contributed by atoms with van der Waals surface area (Å²) in [6, 6.07) is 0.697. The molecule has 4 N–H and O–H groups in total. The van der Waals surface area contributed by atoms with Crippen LogP contribution in [0.5, 0.6) is 0 Å². The van der Waals surface area contributed by atoms with Gasteiger partial charge in [0.2, 0.25) is 0 Å². The van der Waals surface area contributed by atoms with Crippen molar-refractivity contribution in [3.05, 3.63) is 27.1 Å². The van der Waals surface area contributed by atoms with Crippen molar-refractivity contribution in [2.75, 3.05) is 5.32 Å². The van der Waals surface area contributed by atoms with Crippen LogP contribution in [0.4, 0.5) is 10.5 Å². The molecule has 0 aliphatic rings. The predicted molar refractivity (Wildman–Crippen MR) is 48.0 cm³/mol. The standard InChI is InChI=1S/C6H6BrN3O2/c7-3-1-4(10-6(8)12)5(11)9-2-3/h1-2H,(H,9,11)(H3,8,10,12). The fourth-order valence-corrected chi connectivity index (χ4v) is 1.03. The lowest BCUT2D eigenvalue weighted by Crippen LogP contribution is -2.24. The molecule has 0 fully saturated rings. The lowest BCUT2D eigenvalue weighted by Gasteiger charge is -1.99. The molecule has 0 aliphatic heterocycles. The van der Waals surface area contributed by atoms with E-state index in [2.05, 4.69) is 26.2 Å². The zero-order valence-electron chi connectivity index (χ0n) is 5.93. The van der Waals surface area contributed by atoms with Gasteiger partial charge in [0.05, 0.1) is 0 Å². The predicted octanol–water partition coefficient (Wildman–Crippen LogP) is 0.628. The number of anilines is 1. The highest BCUT2D eigenvalue weighted by Gasteiger charge is 2.01. The third kappa shape index (κ3) is 2.09. The summed E-state index contributed by atoms with van der Waals surface area (Å²) in [7, 11) is 0. The molecule has 1 aromatic rings. The Balaban J connectivity index is 3.06. The van der Waals surface area contributed by atoms with E-state index in [0.717, 1.165) is 0 Å². The third-order valence-electron chi connectivity index (χ3n) is 1.13. The number of hydrogen-bond acceptors (Lipinski definition) is 2. The van der Waals surface area contributed by atoms with Gasteiger partial charge in [-0.3, -0.25) is 4.79 Å². The van der Waals surface area contributed by atoms with Gasteiger partial charge in [-0.25, -0.2) is 4.79 Å². The molecular formula is C6H6BrN3O2. The number of carbonyl (C=O) groups excluding carboxylic acids is 1. The number of aromatic nitrogens is 1. The fraction of sp³-hybridized carbons (Fsp3) is 0. The monoisotopic (exact) mass is 231 g/mol. The zero-order valence-corrected chi connectivity index (χ0v) is 7.51. The van der Waals surface area contributed by atoms with Crippen LogP contribution in [-0.4, -0.2) is 11.0 Å². The summed E-state index contributed by atoms with van der Waals surface area (Å²) in [5.41, 5.74) is 4.56. The number of carbonyl (C=O) groups is 1. The number of nitrogens with one attached hydrogen (secondary N) is 2. The normalized spacial score (nSPS) is 9.42. The van der Waals surface area contributed by atoms with Gasteiger partial charge >= 0.3 is 6.03 Å². The number of pyridine rings is 1. The summed E-state index contributed by atoms with van der Waals surface area (Å²) in [5, 5.41) is 2.18. The Kier molecular flexibility index (Phi) is 2.49. The van der Waals surface area contributed by atoms with Crippen molar-refractivity contribution in [2.45, 2.75) is 0 Å². The SMILES string of the molecule is NC(=O)Nc1cc(Br)c[nH]c1=O. The molecule has 1 heterocycles. The van der Waals surface area contributed by atoms with Crippen LogP contribution in [0.15, 0.2) is 21.5 Å². The Labute approximate surface area is 76.1 Å². The van der Waals surface area contributed by atoms with Gasteiger partial charge in [0.25, 0.3) is 5.56 Å². The summed E-state index contributed by atoms with van der Waals surface area (Å²) in [6.07, 6.45) is 1.47. The van der Waals surface area contributed by atoms with Crippen molar-refractivity contribution < 1.29 is 4.79 Å². The number of hydrogen-bond donors (Lipinski definition) is 3. The van der Waals surface area contributed by atoms with Gasteiger partial charge in [-0.15, -0.1) is 0 Å². The largest absolute Gasteiger partial charge is 0.351 e. The maximum atomic E-state index is 11.0. The number of rotatable bonds is 1. The van der Waals surface area contributed by atoms with Crippen LogP contribution in [0.2, 0.25) is 0 Å². The molecule has 1 aromatic heterocycles. The van der Waals surface area contributed by atoms with Crippen molar-refractivity contribution in [1.29, 1.82) is 0 Å². The molecule has 0 unspecified atom stereocenters. The van der Waals surface area contributed by atoms with Crippen molar-refractivity contribution in [3.63, 3.8) is 0 Å². The highest BCUT2D eigenvalue weighted by molar-refractivity contribution is 9.10. The highest BCUT2D eigenvalue weighted by Crippen LogP contribution is 2.09. The van der Waals surface area contributed by atoms with Crippen LogP contribution >= 0.6 is 15.9 Å². The van der Waals surface area contributed by atoms with Crippen LogP contribution in [0, 0.1) is 0 Å².